The highest BCUT2D eigenvalue weighted by Gasteiger charge is 2.18. The second-order valence-electron chi connectivity index (χ2n) is 12.2. The zero-order chi connectivity index (χ0) is 35.0. The van der Waals surface area contributed by atoms with Crippen LogP contribution in [-0.4, -0.2) is 82.4 Å². The number of thioether (sulfide) groups is 1. The Kier molecular flexibility index (Phi) is 11.1. The Morgan fingerprint density at radius 1 is 0.840 bits per heavy atom. The van der Waals surface area contributed by atoms with Crippen molar-refractivity contribution in [2.24, 2.45) is 14.1 Å². The molecule has 3 N–H and O–H groups in total. The van der Waals surface area contributed by atoms with Crippen LogP contribution < -0.4 is 16.0 Å². The van der Waals surface area contributed by atoms with Gasteiger partial charge in [0.2, 0.25) is 5.91 Å². The zero-order valence-electron chi connectivity index (χ0n) is 28.4. The topological polar surface area (TPSA) is 123 Å². The number of aromatic nitrogens is 3. The summed E-state index contributed by atoms with van der Waals surface area (Å²) in [6.07, 6.45) is 9.66. The Morgan fingerprint density at radius 2 is 1.54 bits per heavy atom. The molecule has 6 rings (SSSR count). The van der Waals surface area contributed by atoms with Crippen LogP contribution in [0.3, 0.4) is 0 Å². The predicted molar refractivity (Wildman–Crippen MR) is 200 cm³/mol. The number of carbonyl (C=O) groups excluding carboxylic acids is 3. The summed E-state index contributed by atoms with van der Waals surface area (Å²) < 4.78 is 8.70. The highest BCUT2D eigenvalue weighted by atomic mass is 32.2. The number of anilines is 2. The van der Waals surface area contributed by atoms with Gasteiger partial charge in [-0.15, -0.1) is 11.8 Å². The lowest BCUT2D eigenvalue weighted by Crippen LogP contribution is -2.41. The van der Waals surface area contributed by atoms with Gasteiger partial charge in [0, 0.05) is 62.9 Å². The van der Waals surface area contributed by atoms with Crippen LogP contribution >= 0.6 is 11.8 Å². The highest BCUT2D eigenvalue weighted by molar-refractivity contribution is 7.98. The van der Waals surface area contributed by atoms with Gasteiger partial charge in [-0.05, 0) is 65.9 Å². The molecule has 0 radical (unpaired) electrons. The molecule has 11 nitrogen and oxygen atoms in total. The molecule has 1 saturated heterocycles. The Morgan fingerprint density at radius 3 is 2.26 bits per heavy atom. The zero-order valence-corrected chi connectivity index (χ0v) is 29.3. The fourth-order valence-corrected chi connectivity index (χ4v) is 6.24. The molecule has 4 heterocycles. The average Bonchev–Trinajstić information content (AvgIpc) is 3.68. The van der Waals surface area contributed by atoms with Gasteiger partial charge in [-0.3, -0.25) is 19.3 Å². The second-order valence-corrected chi connectivity index (χ2v) is 13.1. The summed E-state index contributed by atoms with van der Waals surface area (Å²) >= 11 is 1.72. The lowest BCUT2D eigenvalue weighted by molar-refractivity contribution is -0.115. The number of nitrogens with zero attached hydrogens (tertiary/aromatic N) is 4. The molecule has 258 valence electrons. The summed E-state index contributed by atoms with van der Waals surface area (Å²) in [5.41, 5.74) is 5.48. The molecule has 1 aliphatic heterocycles. The van der Waals surface area contributed by atoms with Crippen molar-refractivity contribution in [1.29, 1.82) is 0 Å². The molecule has 0 aliphatic carbocycles. The van der Waals surface area contributed by atoms with Crippen molar-refractivity contribution in [2.75, 3.05) is 56.3 Å². The summed E-state index contributed by atoms with van der Waals surface area (Å²) in [5, 5.41) is 9.67. The van der Waals surface area contributed by atoms with E-state index in [0.29, 0.717) is 42.5 Å². The van der Waals surface area contributed by atoms with Gasteiger partial charge in [0.05, 0.1) is 42.2 Å². The van der Waals surface area contributed by atoms with Gasteiger partial charge in [0.15, 0.2) is 0 Å². The molecule has 0 spiro atoms. The van der Waals surface area contributed by atoms with Crippen LogP contribution in [0.5, 0.6) is 0 Å². The van der Waals surface area contributed by atoms with Gasteiger partial charge in [0.25, 0.3) is 11.8 Å². The number of aryl methyl sites for hydroxylation is 2. The Labute approximate surface area is 295 Å². The first-order valence-electron chi connectivity index (χ1n) is 16.5. The fraction of sp³-hybridized carbons (Fsp3) is 0.263. The molecule has 0 unspecified atom stereocenters. The summed E-state index contributed by atoms with van der Waals surface area (Å²) in [6.45, 7) is 4.42. The third kappa shape index (κ3) is 8.89. The number of amides is 3. The molecular formula is C38H41N7O4S. The van der Waals surface area contributed by atoms with Crippen molar-refractivity contribution >= 4 is 63.9 Å². The molecule has 5 aromatic rings. The maximum atomic E-state index is 13.2. The van der Waals surface area contributed by atoms with Crippen LogP contribution in [0.4, 0.5) is 11.4 Å². The van der Waals surface area contributed by atoms with Crippen LogP contribution in [0.25, 0.3) is 23.1 Å². The van der Waals surface area contributed by atoms with E-state index in [1.807, 2.05) is 42.5 Å². The smallest absolute Gasteiger partial charge is 0.272 e. The standard InChI is InChI=1S/C38H41N7O4S/c1-43-25-31(23-34(43)37(47)39-14-15-45-16-18-49-19-17-45)42-38(48)35-22-30(24-44(35)2)41-36(46)21-27-7-13-33-28(20-27)8-10-29(40-33)9-4-26-5-11-32(50-3)12-6-26/h4-13,20,22-25H,14-19,21H2,1-3H3,(H,39,47)(H,41,46)(H,42,48)/b9-4+. The minimum absolute atomic E-state index is 0.168. The minimum atomic E-state index is -0.359. The lowest BCUT2D eigenvalue weighted by atomic mass is 10.1. The molecule has 1 aliphatic rings. The number of hydrogen-bond acceptors (Lipinski definition) is 7. The summed E-state index contributed by atoms with van der Waals surface area (Å²) in [6, 6.07) is 21.4. The Hall–Kier alpha value is -5.17. The third-order valence-electron chi connectivity index (χ3n) is 8.54. The first-order chi connectivity index (χ1) is 24.2. The predicted octanol–water partition coefficient (Wildman–Crippen LogP) is 5.30. The Bertz CT molecular complexity index is 2030. The van der Waals surface area contributed by atoms with E-state index in [0.717, 1.165) is 47.4 Å². The summed E-state index contributed by atoms with van der Waals surface area (Å²) in [5.74, 6) is -0.768. The number of fused-ring (bicyclic) bond motifs is 1. The van der Waals surface area contributed by atoms with Crippen molar-refractivity contribution < 1.29 is 19.1 Å². The van der Waals surface area contributed by atoms with Crippen LogP contribution in [0, 0.1) is 0 Å². The third-order valence-corrected chi connectivity index (χ3v) is 9.28. The van der Waals surface area contributed by atoms with Gasteiger partial charge in [-0.1, -0.05) is 30.3 Å². The maximum Gasteiger partial charge on any atom is 0.272 e. The van der Waals surface area contributed by atoms with Crippen LogP contribution in [0.15, 0.2) is 84.0 Å². The van der Waals surface area contributed by atoms with Crippen LogP contribution in [-0.2, 0) is 30.0 Å². The van der Waals surface area contributed by atoms with Gasteiger partial charge in [-0.25, -0.2) is 4.98 Å². The quantitative estimate of drug-likeness (QED) is 0.152. The Balaban J connectivity index is 1.01. The number of morpholine rings is 1. The molecule has 0 bridgehead atoms. The van der Waals surface area contributed by atoms with E-state index >= 15 is 0 Å². The lowest BCUT2D eigenvalue weighted by Gasteiger charge is -2.26. The van der Waals surface area contributed by atoms with E-state index in [-0.39, 0.29) is 24.1 Å². The average molecular weight is 692 g/mol. The van der Waals surface area contributed by atoms with Gasteiger partial charge in [-0.2, -0.15) is 0 Å². The molecule has 0 atom stereocenters. The summed E-state index contributed by atoms with van der Waals surface area (Å²) in [7, 11) is 3.50. The van der Waals surface area contributed by atoms with E-state index in [1.165, 1.54) is 4.90 Å². The van der Waals surface area contributed by atoms with Crippen molar-refractivity contribution in [2.45, 2.75) is 11.3 Å². The summed E-state index contributed by atoms with van der Waals surface area (Å²) in [4.78, 5) is 47.2. The first-order valence-corrected chi connectivity index (χ1v) is 17.7. The molecule has 3 amide bonds. The molecule has 12 heteroatoms. The van der Waals surface area contributed by atoms with Crippen molar-refractivity contribution in [3.8, 4) is 0 Å². The van der Waals surface area contributed by atoms with Gasteiger partial charge in [0.1, 0.15) is 11.4 Å². The number of hydrogen-bond donors (Lipinski definition) is 3. The van der Waals surface area contributed by atoms with Crippen molar-refractivity contribution in [3.05, 3.63) is 107 Å². The van der Waals surface area contributed by atoms with Crippen molar-refractivity contribution in [1.82, 2.24) is 24.3 Å². The molecule has 1 fully saturated rings. The molecule has 50 heavy (non-hydrogen) atoms. The number of rotatable bonds is 12. The van der Waals surface area contributed by atoms with E-state index in [9.17, 15) is 14.4 Å². The fourth-order valence-electron chi connectivity index (χ4n) is 5.84. The monoisotopic (exact) mass is 691 g/mol. The van der Waals surface area contributed by atoms with Crippen LogP contribution in [0.1, 0.15) is 37.8 Å². The molecule has 3 aromatic heterocycles. The van der Waals surface area contributed by atoms with Crippen LogP contribution in [0.2, 0.25) is 0 Å². The second kappa shape index (κ2) is 16.0. The number of nitrogens with one attached hydrogen (secondary N) is 3. The van der Waals surface area contributed by atoms with E-state index in [4.69, 9.17) is 9.72 Å². The highest BCUT2D eigenvalue weighted by Crippen LogP contribution is 2.21. The number of pyridine rings is 1. The molecular weight excluding hydrogens is 651 g/mol. The number of carbonyl (C=O) groups is 3. The minimum Gasteiger partial charge on any atom is -0.379 e. The van der Waals surface area contributed by atoms with Gasteiger partial charge >= 0.3 is 0 Å². The van der Waals surface area contributed by atoms with E-state index < -0.39 is 0 Å². The SMILES string of the molecule is CSc1ccc(/C=C/c2ccc3cc(CC(=O)Nc4cc(C(=O)Nc5cc(C(=O)NCCN6CCOCC6)n(C)c5)n(C)c4)ccc3n2)cc1. The number of benzene rings is 2. The largest absolute Gasteiger partial charge is 0.379 e. The first kappa shape index (κ1) is 34.7. The van der Waals surface area contributed by atoms with E-state index in [2.05, 4.69) is 51.4 Å². The van der Waals surface area contributed by atoms with Crippen molar-refractivity contribution in [3.63, 3.8) is 0 Å². The maximum absolute atomic E-state index is 13.2. The van der Waals surface area contributed by atoms with E-state index in [1.54, 1.807) is 59.5 Å². The van der Waals surface area contributed by atoms with Gasteiger partial charge < -0.3 is 29.8 Å². The normalized spacial score (nSPS) is 13.5. The molecule has 2 aromatic carbocycles. The number of ether oxygens (including phenoxy) is 1. The molecule has 0 saturated carbocycles.